The summed E-state index contributed by atoms with van der Waals surface area (Å²) in [6, 6.07) is 28.1. The van der Waals surface area contributed by atoms with Crippen molar-refractivity contribution in [1.82, 2.24) is 0 Å². The van der Waals surface area contributed by atoms with Gasteiger partial charge in [0.2, 0.25) is 0 Å². The molecule has 0 radical (unpaired) electrons. The Bertz CT molecular complexity index is 1350. The number of carbonyl (C=O) groups excluding carboxylic acids is 1. The highest BCUT2D eigenvalue weighted by molar-refractivity contribution is 6.30. The van der Waals surface area contributed by atoms with Crippen LogP contribution in [0.2, 0.25) is 5.02 Å². The number of aromatic carboxylic acids is 1. The summed E-state index contributed by atoms with van der Waals surface area (Å²) in [7, 11) is 0. The average molecular weight is 470 g/mol. The first-order valence-electron chi connectivity index (χ1n) is 10.8. The number of carbonyl (C=O) groups is 2. The molecule has 1 aliphatic carbocycles. The minimum absolute atomic E-state index is 0.0269. The van der Waals surface area contributed by atoms with Crippen molar-refractivity contribution in [3.05, 3.63) is 113 Å². The Balaban J connectivity index is 1.33. The Labute approximate surface area is 201 Å². The molecule has 0 saturated heterocycles. The molecule has 34 heavy (non-hydrogen) atoms. The summed E-state index contributed by atoms with van der Waals surface area (Å²) in [6.07, 6.45) is -0.705. The lowest BCUT2D eigenvalue weighted by atomic mass is 9.98. The maximum atomic E-state index is 12.6. The van der Waals surface area contributed by atoms with Crippen molar-refractivity contribution in [2.45, 2.75) is 5.92 Å². The Morgan fingerprint density at radius 1 is 0.824 bits per heavy atom. The second-order valence-electron chi connectivity index (χ2n) is 8.02. The zero-order valence-corrected chi connectivity index (χ0v) is 18.8. The molecule has 4 aromatic carbocycles. The van der Waals surface area contributed by atoms with Crippen molar-refractivity contribution in [3.63, 3.8) is 0 Å². The van der Waals surface area contributed by atoms with E-state index in [2.05, 4.69) is 17.4 Å². The van der Waals surface area contributed by atoms with E-state index in [-0.39, 0.29) is 23.8 Å². The quantitative estimate of drug-likeness (QED) is 0.328. The van der Waals surface area contributed by atoms with E-state index < -0.39 is 12.1 Å². The first-order chi connectivity index (χ1) is 16.5. The third-order valence-electron chi connectivity index (χ3n) is 6.01. The lowest BCUT2D eigenvalue weighted by Gasteiger charge is -2.15. The molecule has 1 aliphatic rings. The van der Waals surface area contributed by atoms with Crippen LogP contribution in [0.25, 0.3) is 22.3 Å². The van der Waals surface area contributed by atoms with Crippen LogP contribution in [0, 0.1) is 0 Å². The van der Waals surface area contributed by atoms with E-state index in [9.17, 15) is 14.7 Å². The molecule has 0 aromatic heterocycles. The minimum atomic E-state index is -1.15. The molecule has 0 unspecified atom stereocenters. The molecule has 5 rings (SSSR count). The number of anilines is 1. The second-order valence-corrected chi connectivity index (χ2v) is 8.46. The number of amides is 1. The summed E-state index contributed by atoms with van der Waals surface area (Å²) >= 11 is 5.94. The monoisotopic (exact) mass is 469 g/mol. The maximum absolute atomic E-state index is 12.6. The SMILES string of the molecule is O=C(Nc1ccc(-c2ccc(Cl)cc2)cc1C(=O)O)OCC1c2ccccc2-c2ccccc21. The fourth-order valence-electron chi connectivity index (χ4n) is 4.40. The third-order valence-corrected chi connectivity index (χ3v) is 6.26. The van der Waals surface area contributed by atoms with E-state index >= 15 is 0 Å². The normalized spacial score (nSPS) is 12.0. The number of hydrogen-bond donors (Lipinski definition) is 2. The van der Waals surface area contributed by atoms with Crippen LogP contribution >= 0.6 is 11.6 Å². The highest BCUT2D eigenvalue weighted by Gasteiger charge is 2.29. The van der Waals surface area contributed by atoms with Gasteiger partial charge in [-0.15, -0.1) is 0 Å². The predicted molar refractivity (Wildman–Crippen MR) is 133 cm³/mol. The van der Waals surface area contributed by atoms with Gasteiger partial charge in [0.15, 0.2) is 0 Å². The van der Waals surface area contributed by atoms with Gasteiger partial charge in [-0.1, -0.05) is 78.3 Å². The van der Waals surface area contributed by atoms with Crippen LogP contribution in [-0.2, 0) is 4.74 Å². The van der Waals surface area contributed by atoms with Gasteiger partial charge in [0.1, 0.15) is 6.61 Å². The molecular formula is C28H20ClNO4. The molecule has 0 atom stereocenters. The molecule has 168 valence electrons. The smallest absolute Gasteiger partial charge is 0.411 e. The van der Waals surface area contributed by atoms with E-state index in [0.717, 1.165) is 27.8 Å². The van der Waals surface area contributed by atoms with E-state index in [1.807, 2.05) is 48.5 Å². The maximum Gasteiger partial charge on any atom is 0.411 e. The number of carboxylic acid groups (broad SMARTS) is 1. The highest BCUT2D eigenvalue weighted by atomic mass is 35.5. The summed E-state index contributed by atoms with van der Waals surface area (Å²) in [5.41, 5.74) is 6.15. The third kappa shape index (κ3) is 4.14. The second kappa shape index (κ2) is 9.04. The Morgan fingerprint density at radius 2 is 1.41 bits per heavy atom. The van der Waals surface area contributed by atoms with Crippen molar-refractivity contribution >= 4 is 29.4 Å². The number of fused-ring (bicyclic) bond motifs is 3. The van der Waals surface area contributed by atoms with Crippen molar-refractivity contribution in [1.29, 1.82) is 0 Å². The van der Waals surface area contributed by atoms with Crippen LogP contribution in [0.4, 0.5) is 10.5 Å². The molecule has 2 N–H and O–H groups in total. The Kier molecular flexibility index (Phi) is 5.78. The molecule has 6 heteroatoms. The predicted octanol–water partition coefficient (Wildman–Crippen LogP) is 7.07. The van der Waals surface area contributed by atoms with E-state index in [4.69, 9.17) is 16.3 Å². The van der Waals surface area contributed by atoms with Crippen LogP contribution in [0.15, 0.2) is 91.0 Å². The summed E-state index contributed by atoms with van der Waals surface area (Å²) in [5, 5.41) is 12.9. The number of benzene rings is 4. The zero-order valence-electron chi connectivity index (χ0n) is 18.0. The van der Waals surface area contributed by atoms with Gasteiger partial charge in [-0.05, 0) is 57.6 Å². The number of rotatable bonds is 5. The van der Waals surface area contributed by atoms with Gasteiger partial charge in [-0.3, -0.25) is 5.32 Å². The van der Waals surface area contributed by atoms with Crippen molar-refractivity contribution < 1.29 is 19.4 Å². The Morgan fingerprint density at radius 3 is 2.03 bits per heavy atom. The van der Waals surface area contributed by atoms with E-state index in [1.54, 1.807) is 24.3 Å². The van der Waals surface area contributed by atoms with Crippen molar-refractivity contribution in [2.75, 3.05) is 11.9 Å². The topological polar surface area (TPSA) is 75.6 Å². The lowest BCUT2D eigenvalue weighted by molar-refractivity contribution is 0.0698. The van der Waals surface area contributed by atoms with Crippen LogP contribution in [-0.4, -0.2) is 23.8 Å². The first-order valence-corrected chi connectivity index (χ1v) is 11.1. The molecule has 0 saturated carbocycles. The molecule has 0 bridgehead atoms. The van der Waals surface area contributed by atoms with Gasteiger partial charge in [-0.2, -0.15) is 0 Å². The molecule has 0 spiro atoms. The van der Waals surface area contributed by atoms with Crippen LogP contribution < -0.4 is 5.32 Å². The first kappa shape index (κ1) is 21.7. The molecular weight excluding hydrogens is 450 g/mol. The summed E-state index contributed by atoms with van der Waals surface area (Å²) in [6.45, 7) is 0.144. The fraction of sp³-hybridized carbons (Fsp3) is 0.0714. The number of ether oxygens (including phenoxy) is 1. The summed E-state index contributed by atoms with van der Waals surface area (Å²) in [4.78, 5) is 24.5. The van der Waals surface area contributed by atoms with Gasteiger partial charge in [-0.25, -0.2) is 9.59 Å². The average Bonchev–Trinajstić information content (AvgIpc) is 3.17. The van der Waals surface area contributed by atoms with Crippen molar-refractivity contribution in [2.24, 2.45) is 0 Å². The number of nitrogens with one attached hydrogen (secondary N) is 1. The van der Waals surface area contributed by atoms with Crippen LogP contribution in [0.5, 0.6) is 0 Å². The van der Waals surface area contributed by atoms with Gasteiger partial charge in [0.25, 0.3) is 0 Å². The highest BCUT2D eigenvalue weighted by Crippen LogP contribution is 2.44. The molecule has 0 aliphatic heterocycles. The standard InChI is InChI=1S/C28H20ClNO4/c29-19-12-9-17(10-13-19)18-11-14-26(24(15-18)27(31)32)30-28(33)34-16-25-22-7-3-1-5-20(22)21-6-2-4-8-23(21)25/h1-15,25H,16H2,(H,30,33)(H,31,32). The van der Waals surface area contributed by atoms with E-state index in [0.29, 0.717) is 10.6 Å². The van der Waals surface area contributed by atoms with Gasteiger partial charge in [0, 0.05) is 10.9 Å². The lowest BCUT2D eigenvalue weighted by Crippen LogP contribution is -2.19. The fourth-order valence-corrected chi connectivity index (χ4v) is 4.52. The minimum Gasteiger partial charge on any atom is -0.478 e. The van der Waals surface area contributed by atoms with Crippen LogP contribution in [0.1, 0.15) is 27.4 Å². The number of hydrogen-bond acceptors (Lipinski definition) is 3. The van der Waals surface area contributed by atoms with Crippen molar-refractivity contribution in [3.8, 4) is 22.3 Å². The van der Waals surface area contributed by atoms with Gasteiger partial charge < -0.3 is 9.84 Å². The molecule has 0 fully saturated rings. The number of halogens is 1. The van der Waals surface area contributed by atoms with Gasteiger partial charge in [0.05, 0.1) is 11.3 Å². The largest absolute Gasteiger partial charge is 0.478 e. The summed E-state index contributed by atoms with van der Waals surface area (Å²) < 4.78 is 5.55. The summed E-state index contributed by atoms with van der Waals surface area (Å²) in [5.74, 6) is -1.23. The molecule has 5 nitrogen and oxygen atoms in total. The number of carboxylic acids is 1. The Hall–Kier alpha value is -4.09. The molecule has 1 amide bonds. The zero-order chi connectivity index (χ0) is 23.7. The van der Waals surface area contributed by atoms with E-state index in [1.165, 1.54) is 6.07 Å². The van der Waals surface area contributed by atoms with Gasteiger partial charge >= 0.3 is 12.1 Å². The molecule has 4 aromatic rings. The molecule has 0 heterocycles. The van der Waals surface area contributed by atoms with Crippen LogP contribution in [0.3, 0.4) is 0 Å².